The average molecular weight is 409 g/mol. The molecule has 1 N–H and O–H groups in total. The molecule has 2 aromatic rings. The van der Waals surface area contributed by atoms with E-state index in [4.69, 9.17) is 0 Å². The third kappa shape index (κ3) is 3.56. The molecule has 1 aliphatic heterocycles. The molecule has 2 heterocycles. The number of aromatic nitrogens is 2. The highest BCUT2D eigenvalue weighted by Crippen LogP contribution is 2.30. The van der Waals surface area contributed by atoms with Crippen molar-refractivity contribution in [3.05, 3.63) is 52.3 Å². The molecule has 0 amide bonds. The highest BCUT2D eigenvalue weighted by Gasteiger charge is 2.34. The molecule has 0 saturated carbocycles. The van der Waals surface area contributed by atoms with E-state index in [1.54, 1.807) is 0 Å². The van der Waals surface area contributed by atoms with Gasteiger partial charge >= 0.3 is 5.97 Å². The predicted molar refractivity (Wildman–Crippen MR) is 116 cm³/mol. The molecule has 30 heavy (non-hydrogen) atoms. The van der Waals surface area contributed by atoms with Crippen LogP contribution in [0.2, 0.25) is 0 Å². The molecular weight excluding hydrogens is 376 g/mol. The van der Waals surface area contributed by atoms with Crippen molar-refractivity contribution < 1.29 is 9.90 Å². The normalized spacial score (nSPS) is 22.8. The van der Waals surface area contributed by atoms with Gasteiger partial charge in [0.05, 0.1) is 0 Å². The monoisotopic (exact) mass is 408 g/mol. The topological polar surface area (TPSA) is 61.6 Å². The summed E-state index contributed by atoms with van der Waals surface area (Å²) in [6, 6.07) is 9.97. The minimum absolute atomic E-state index is 0.283. The van der Waals surface area contributed by atoms with Crippen LogP contribution < -0.4 is 0 Å². The molecule has 3 aliphatic rings. The number of nitrogens with zero attached hydrogens (tertiary/aromatic N) is 4. The van der Waals surface area contributed by atoms with Gasteiger partial charge in [0.25, 0.3) is 0 Å². The molecule has 1 aromatic heterocycles. The fraction of sp³-hybridized carbons (Fsp3) is 0.583. The molecule has 160 valence electrons. The van der Waals surface area contributed by atoms with E-state index < -0.39 is 5.97 Å². The highest BCUT2D eigenvalue weighted by atomic mass is 16.4. The van der Waals surface area contributed by atoms with Crippen molar-refractivity contribution in [3.63, 3.8) is 0 Å². The molecule has 0 unspecified atom stereocenters. The number of benzene rings is 1. The van der Waals surface area contributed by atoms with Gasteiger partial charge in [-0.15, -0.1) is 0 Å². The van der Waals surface area contributed by atoms with Crippen molar-refractivity contribution in [3.8, 4) is 0 Å². The highest BCUT2D eigenvalue weighted by molar-refractivity contribution is 5.87. The number of carboxylic acid groups (broad SMARTS) is 1. The maximum atomic E-state index is 11.8. The van der Waals surface area contributed by atoms with E-state index in [9.17, 15) is 9.90 Å². The number of fused-ring (bicyclic) bond motifs is 2. The largest absolute Gasteiger partial charge is 0.476 e. The average Bonchev–Trinajstić information content (AvgIpc) is 3.36. The summed E-state index contributed by atoms with van der Waals surface area (Å²) in [6.45, 7) is 7.31. The number of carbonyl (C=O) groups is 1. The van der Waals surface area contributed by atoms with Crippen molar-refractivity contribution in [2.45, 2.75) is 64.1 Å². The summed E-state index contributed by atoms with van der Waals surface area (Å²) in [6.07, 6.45) is 6.22. The van der Waals surface area contributed by atoms with Gasteiger partial charge in [0.2, 0.25) is 0 Å². The molecule has 1 aromatic carbocycles. The number of rotatable bonds is 5. The Morgan fingerprint density at radius 2 is 1.67 bits per heavy atom. The number of hydrogen-bond donors (Lipinski definition) is 1. The van der Waals surface area contributed by atoms with Crippen LogP contribution in [0.25, 0.3) is 0 Å². The summed E-state index contributed by atoms with van der Waals surface area (Å²) < 4.78 is 1.95. The minimum Gasteiger partial charge on any atom is -0.476 e. The van der Waals surface area contributed by atoms with Crippen LogP contribution in [0, 0.1) is 0 Å². The third-order valence-electron chi connectivity index (χ3n) is 7.37. The van der Waals surface area contributed by atoms with Gasteiger partial charge in [0.1, 0.15) is 0 Å². The van der Waals surface area contributed by atoms with Crippen LogP contribution >= 0.6 is 0 Å². The second-order valence-electron chi connectivity index (χ2n) is 9.10. The molecule has 5 rings (SSSR count). The second-order valence-corrected chi connectivity index (χ2v) is 9.10. The number of carboxylic acids is 1. The van der Waals surface area contributed by atoms with Crippen LogP contribution in [0.3, 0.4) is 0 Å². The Balaban J connectivity index is 1.22. The van der Waals surface area contributed by atoms with Crippen molar-refractivity contribution >= 4 is 5.97 Å². The first-order chi connectivity index (χ1) is 14.6. The summed E-state index contributed by atoms with van der Waals surface area (Å²) in [5.74, 6) is -0.882. The molecule has 0 radical (unpaired) electrons. The van der Waals surface area contributed by atoms with Gasteiger partial charge in [0, 0.05) is 56.1 Å². The summed E-state index contributed by atoms with van der Waals surface area (Å²) >= 11 is 0. The molecule has 6 nitrogen and oxygen atoms in total. The standard InChI is InChI=1S/C24H32N4O2/c1-2-9-28-22-8-7-19(16-21(22)23(25-28)24(29)30)26-10-12-27(13-11-26)20-14-17-5-3-4-6-18(17)15-20/h3-6,19-20H,2,7-16H2,1H3,(H,29,30)/t19-/m0/s1. The maximum absolute atomic E-state index is 11.8. The Morgan fingerprint density at radius 1 is 1.03 bits per heavy atom. The Labute approximate surface area is 178 Å². The second kappa shape index (κ2) is 8.16. The first-order valence-corrected chi connectivity index (χ1v) is 11.5. The zero-order valence-electron chi connectivity index (χ0n) is 17.9. The number of aromatic carboxylic acids is 1. The van der Waals surface area contributed by atoms with Crippen molar-refractivity contribution in [2.75, 3.05) is 26.2 Å². The van der Waals surface area contributed by atoms with E-state index in [0.29, 0.717) is 12.1 Å². The fourth-order valence-electron chi connectivity index (χ4n) is 5.81. The van der Waals surface area contributed by atoms with Gasteiger partial charge < -0.3 is 5.11 Å². The van der Waals surface area contributed by atoms with Crippen molar-refractivity contribution in [2.24, 2.45) is 0 Å². The van der Waals surface area contributed by atoms with E-state index in [0.717, 1.165) is 69.7 Å². The first kappa shape index (κ1) is 19.8. The maximum Gasteiger partial charge on any atom is 0.356 e. The zero-order valence-corrected chi connectivity index (χ0v) is 17.9. The molecule has 6 heteroatoms. The van der Waals surface area contributed by atoms with Crippen LogP contribution in [-0.4, -0.2) is 68.9 Å². The van der Waals surface area contributed by atoms with Gasteiger partial charge in [0.15, 0.2) is 5.69 Å². The Kier molecular flexibility index (Phi) is 5.37. The van der Waals surface area contributed by atoms with Gasteiger partial charge in [-0.2, -0.15) is 5.10 Å². The smallest absolute Gasteiger partial charge is 0.356 e. The van der Waals surface area contributed by atoms with Crippen LogP contribution in [0.1, 0.15) is 52.6 Å². The predicted octanol–water partition coefficient (Wildman–Crippen LogP) is 2.63. The van der Waals surface area contributed by atoms with E-state index in [1.165, 1.54) is 24.0 Å². The fourth-order valence-corrected chi connectivity index (χ4v) is 5.81. The SMILES string of the molecule is CCCn1nc(C(=O)O)c2c1CC[C@H](N1CCN(C3Cc4ccccc4C3)CC1)C2. The van der Waals surface area contributed by atoms with Crippen molar-refractivity contribution in [1.29, 1.82) is 0 Å². The summed E-state index contributed by atoms with van der Waals surface area (Å²) in [7, 11) is 0. The number of piperazine rings is 1. The number of hydrogen-bond acceptors (Lipinski definition) is 4. The van der Waals surface area contributed by atoms with E-state index in [-0.39, 0.29) is 5.69 Å². The van der Waals surface area contributed by atoms with Gasteiger partial charge in [-0.25, -0.2) is 4.79 Å². The quantitative estimate of drug-likeness (QED) is 0.824. The molecule has 1 saturated heterocycles. The molecule has 1 fully saturated rings. The summed E-state index contributed by atoms with van der Waals surface area (Å²) in [5.41, 5.74) is 5.48. The summed E-state index contributed by atoms with van der Waals surface area (Å²) in [4.78, 5) is 17.0. The zero-order chi connectivity index (χ0) is 20.7. The minimum atomic E-state index is -0.882. The Morgan fingerprint density at radius 3 is 2.27 bits per heavy atom. The lowest BCUT2D eigenvalue weighted by atomic mass is 9.90. The molecule has 0 bridgehead atoms. The Bertz CT molecular complexity index is 904. The lowest BCUT2D eigenvalue weighted by Crippen LogP contribution is -2.54. The van der Waals surface area contributed by atoms with E-state index >= 15 is 0 Å². The van der Waals surface area contributed by atoms with Crippen molar-refractivity contribution in [1.82, 2.24) is 19.6 Å². The molecular formula is C24H32N4O2. The summed E-state index contributed by atoms with van der Waals surface area (Å²) in [5, 5.41) is 14.1. The lowest BCUT2D eigenvalue weighted by Gasteiger charge is -2.42. The Hall–Kier alpha value is -2.18. The first-order valence-electron chi connectivity index (χ1n) is 11.5. The molecule has 0 spiro atoms. The van der Waals surface area contributed by atoms with E-state index in [2.05, 4.69) is 46.1 Å². The number of aryl methyl sites for hydroxylation is 1. The van der Waals surface area contributed by atoms with Crippen LogP contribution in [0.5, 0.6) is 0 Å². The van der Waals surface area contributed by atoms with Gasteiger partial charge in [-0.3, -0.25) is 14.5 Å². The van der Waals surface area contributed by atoms with Crippen LogP contribution in [0.15, 0.2) is 24.3 Å². The van der Waals surface area contributed by atoms with Gasteiger partial charge in [-0.05, 0) is 49.7 Å². The third-order valence-corrected chi connectivity index (χ3v) is 7.37. The van der Waals surface area contributed by atoms with E-state index in [1.807, 2.05) is 4.68 Å². The van der Waals surface area contributed by atoms with Crippen LogP contribution in [0.4, 0.5) is 0 Å². The molecule has 1 atom stereocenters. The molecule has 2 aliphatic carbocycles. The lowest BCUT2D eigenvalue weighted by molar-refractivity contribution is 0.0649. The van der Waals surface area contributed by atoms with Gasteiger partial charge in [-0.1, -0.05) is 31.2 Å². The van der Waals surface area contributed by atoms with Crippen LogP contribution in [-0.2, 0) is 32.2 Å².